The number of rotatable bonds is 8. The number of hydrogen-bond acceptors (Lipinski definition) is 6. The number of piperidine rings is 1. The molecular formula is C21H27ClN4O2. The Kier molecular flexibility index (Phi) is 7.48. The number of halogens is 1. The van der Waals surface area contributed by atoms with E-state index in [-0.39, 0.29) is 0 Å². The standard InChI is InChI=1S/C21H27ClN4O2/c1-3-19(25-27-2)17-4-6-18(7-5-17)28-15-12-16-10-13-26(14-11-16)21-9-8-20(22)23-24-21/h4-9,16H,3,10-15H2,1-2H3/b25-19-. The Hall–Kier alpha value is -2.34. The second kappa shape index (κ2) is 10.3. The molecule has 1 aliphatic heterocycles. The van der Waals surface area contributed by atoms with E-state index in [9.17, 15) is 0 Å². The van der Waals surface area contributed by atoms with Crippen molar-refractivity contribution in [3.05, 3.63) is 47.1 Å². The molecule has 150 valence electrons. The monoisotopic (exact) mass is 402 g/mol. The fourth-order valence-electron chi connectivity index (χ4n) is 3.45. The number of hydrogen-bond donors (Lipinski definition) is 0. The lowest BCUT2D eigenvalue weighted by atomic mass is 9.94. The molecule has 7 heteroatoms. The minimum Gasteiger partial charge on any atom is -0.494 e. The molecule has 3 rings (SSSR count). The van der Waals surface area contributed by atoms with E-state index in [1.54, 1.807) is 13.2 Å². The molecule has 0 N–H and O–H groups in total. The van der Waals surface area contributed by atoms with Gasteiger partial charge < -0.3 is 14.5 Å². The summed E-state index contributed by atoms with van der Waals surface area (Å²) in [6.45, 7) is 4.78. The molecule has 28 heavy (non-hydrogen) atoms. The van der Waals surface area contributed by atoms with Gasteiger partial charge in [0, 0.05) is 13.1 Å². The van der Waals surface area contributed by atoms with Gasteiger partial charge in [0.1, 0.15) is 12.9 Å². The smallest absolute Gasteiger partial charge is 0.151 e. The predicted molar refractivity (Wildman–Crippen MR) is 112 cm³/mol. The molecule has 0 atom stereocenters. The van der Waals surface area contributed by atoms with E-state index in [4.69, 9.17) is 21.2 Å². The van der Waals surface area contributed by atoms with Gasteiger partial charge in [-0.1, -0.05) is 23.7 Å². The zero-order valence-corrected chi connectivity index (χ0v) is 17.2. The second-order valence-corrected chi connectivity index (χ2v) is 7.27. The molecule has 0 spiro atoms. The van der Waals surface area contributed by atoms with Crippen LogP contribution in [-0.2, 0) is 4.84 Å². The number of oxime groups is 1. The van der Waals surface area contributed by atoms with E-state index in [2.05, 4.69) is 27.2 Å². The van der Waals surface area contributed by atoms with E-state index in [1.165, 1.54) is 0 Å². The van der Waals surface area contributed by atoms with Crippen molar-refractivity contribution in [2.45, 2.75) is 32.6 Å². The van der Waals surface area contributed by atoms with Crippen molar-refractivity contribution < 1.29 is 9.57 Å². The maximum Gasteiger partial charge on any atom is 0.151 e. The van der Waals surface area contributed by atoms with Crippen molar-refractivity contribution in [2.75, 3.05) is 31.7 Å². The van der Waals surface area contributed by atoms with Gasteiger partial charge in [0.15, 0.2) is 11.0 Å². The normalized spacial score (nSPS) is 15.5. The first kappa shape index (κ1) is 20.4. The van der Waals surface area contributed by atoms with Crippen LogP contribution >= 0.6 is 11.6 Å². The Labute approximate surface area is 171 Å². The number of anilines is 1. The summed E-state index contributed by atoms with van der Waals surface area (Å²) in [6.07, 6.45) is 4.17. The fourth-order valence-corrected chi connectivity index (χ4v) is 3.55. The second-order valence-electron chi connectivity index (χ2n) is 6.88. The van der Waals surface area contributed by atoms with Crippen LogP contribution < -0.4 is 9.64 Å². The lowest BCUT2D eigenvalue weighted by Crippen LogP contribution is -2.34. The third-order valence-corrected chi connectivity index (χ3v) is 5.28. The Morgan fingerprint density at radius 3 is 2.50 bits per heavy atom. The Bertz CT molecular complexity index is 757. The van der Waals surface area contributed by atoms with Crippen molar-refractivity contribution in [3.63, 3.8) is 0 Å². The molecule has 0 saturated carbocycles. The largest absolute Gasteiger partial charge is 0.494 e. The van der Waals surface area contributed by atoms with Gasteiger partial charge >= 0.3 is 0 Å². The highest BCUT2D eigenvalue weighted by molar-refractivity contribution is 6.29. The molecule has 1 aromatic carbocycles. The van der Waals surface area contributed by atoms with Crippen LogP contribution in [-0.4, -0.2) is 42.7 Å². The average Bonchev–Trinajstić information content (AvgIpc) is 2.74. The summed E-state index contributed by atoms with van der Waals surface area (Å²) in [6, 6.07) is 11.8. The van der Waals surface area contributed by atoms with Gasteiger partial charge in [0.25, 0.3) is 0 Å². The molecule has 1 aliphatic rings. The molecule has 2 aromatic rings. The first-order valence-corrected chi connectivity index (χ1v) is 10.1. The van der Waals surface area contributed by atoms with E-state index in [0.29, 0.717) is 11.1 Å². The summed E-state index contributed by atoms with van der Waals surface area (Å²) >= 11 is 5.81. The number of benzene rings is 1. The summed E-state index contributed by atoms with van der Waals surface area (Å²) in [5, 5.41) is 12.6. The van der Waals surface area contributed by atoms with Gasteiger partial charge in [-0.3, -0.25) is 0 Å². The van der Waals surface area contributed by atoms with Gasteiger partial charge in [-0.25, -0.2) is 0 Å². The quantitative estimate of drug-likeness (QED) is 0.478. The average molecular weight is 403 g/mol. The summed E-state index contributed by atoms with van der Waals surface area (Å²) in [5.74, 6) is 2.48. The van der Waals surface area contributed by atoms with E-state index in [1.807, 2.05) is 30.3 Å². The van der Waals surface area contributed by atoms with Crippen LogP contribution in [0.2, 0.25) is 5.15 Å². The van der Waals surface area contributed by atoms with Crippen molar-refractivity contribution in [2.24, 2.45) is 11.1 Å². The van der Waals surface area contributed by atoms with Crippen LogP contribution in [0.1, 0.15) is 38.2 Å². The molecule has 6 nitrogen and oxygen atoms in total. The zero-order chi connectivity index (χ0) is 19.8. The lowest BCUT2D eigenvalue weighted by Gasteiger charge is -2.32. The minimum atomic E-state index is 0.431. The lowest BCUT2D eigenvalue weighted by molar-refractivity contribution is 0.213. The maximum absolute atomic E-state index is 5.94. The molecule has 0 amide bonds. The third kappa shape index (κ3) is 5.58. The maximum atomic E-state index is 5.94. The molecule has 2 heterocycles. The number of nitrogens with zero attached hydrogens (tertiary/aromatic N) is 4. The number of aromatic nitrogens is 2. The van der Waals surface area contributed by atoms with Crippen LogP contribution in [0.4, 0.5) is 5.82 Å². The Morgan fingerprint density at radius 2 is 1.89 bits per heavy atom. The predicted octanol–water partition coefficient (Wildman–Crippen LogP) is 4.58. The van der Waals surface area contributed by atoms with Crippen LogP contribution in [0.5, 0.6) is 5.75 Å². The molecule has 0 unspecified atom stereocenters. The zero-order valence-electron chi connectivity index (χ0n) is 16.5. The van der Waals surface area contributed by atoms with Gasteiger partial charge in [-0.2, -0.15) is 0 Å². The van der Waals surface area contributed by atoms with Crippen molar-refractivity contribution in [1.29, 1.82) is 0 Å². The molecular weight excluding hydrogens is 376 g/mol. The van der Waals surface area contributed by atoms with Crippen molar-refractivity contribution >= 4 is 23.1 Å². The molecule has 0 aliphatic carbocycles. The first-order valence-electron chi connectivity index (χ1n) is 9.77. The van der Waals surface area contributed by atoms with Crippen LogP contribution in [0.3, 0.4) is 0 Å². The molecule has 1 aromatic heterocycles. The van der Waals surface area contributed by atoms with E-state index in [0.717, 1.165) is 68.2 Å². The molecule has 1 saturated heterocycles. The summed E-state index contributed by atoms with van der Waals surface area (Å²) in [7, 11) is 1.57. The third-order valence-electron chi connectivity index (χ3n) is 5.08. The van der Waals surface area contributed by atoms with Gasteiger partial charge in [-0.15, -0.1) is 10.2 Å². The van der Waals surface area contributed by atoms with Crippen LogP contribution in [0, 0.1) is 5.92 Å². The summed E-state index contributed by atoms with van der Waals surface area (Å²) in [4.78, 5) is 7.16. The van der Waals surface area contributed by atoms with E-state index >= 15 is 0 Å². The first-order chi connectivity index (χ1) is 13.7. The highest BCUT2D eigenvalue weighted by atomic mass is 35.5. The van der Waals surface area contributed by atoms with Crippen LogP contribution in [0.25, 0.3) is 0 Å². The molecule has 1 fully saturated rings. The van der Waals surface area contributed by atoms with Crippen molar-refractivity contribution in [1.82, 2.24) is 10.2 Å². The topological polar surface area (TPSA) is 59.8 Å². The highest BCUT2D eigenvalue weighted by Crippen LogP contribution is 2.24. The van der Waals surface area contributed by atoms with Crippen LogP contribution in [0.15, 0.2) is 41.6 Å². The number of ether oxygens (including phenoxy) is 1. The van der Waals surface area contributed by atoms with Gasteiger partial charge in [0.2, 0.25) is 0 Å². The summed E-state index contributed by atoms with van der Waals surface area (Å²) in [5.41, 5.74) is 2.00. The van der Waals surface area contributed by atoms with Crippen molar-refractivity contribution in [3.8, 4) is 5.75 Å². The highest BCUT2D eigenvalue weighted by Gasteiger charge is 2.20. The van der Waals surface area contributed by atoms with E-state index < -0.39 is 0 Å². The SMILES string of the molecule is CC/C(=N/OC)c1ccc(OCCC2CCN(c3ccc(Cl)nn3)CC2)cc1. The van der Waals surface area contributed by atoms with Gasteiger partial charge in [0.05, 0.1) is 12.3 Å². The molecule has 0 bridgehead atoms. The fraction of sp³-hybridized carbons (Fsp3) is 0.476. The Balaban J connectivity index is 1.41. The summed E-state index contributed by atoms with van der Waals surface area (Å²) < 4.78 is 5.94. The molecule has 0 radical (unpaired) electrons. The minimum absolute atomic E-state index is 0.431. The van der Waals surface area contributed by atoms with Gasteiger partial charge in [-0.05, 0) is 73.6 Å². The Morgan fingerprint density at radius 1 is 1.14 bits per heavy atom.